The number of hydrogen-bond acceptors (Lipinski definition) is 4. The van der Waals surface area contributed by atoms with Crippen molar-refractivity contribution in [3.63, 3.8) is 0 Å². The molecule has 0 aromatic carbocycles. The molecule has 4 nitrogen and oxygen atoms in total. The molecule has 0 fully saturated rings. The summed E-state index contributed by atoms with van der Waals surface area (Å²) in [7, 11) is 0. The first-order chi connectivity index (χ1) is 7.54. The van der Waals surface area contributed by atoms with Crippen molar-refractivity contribution < 1.29 is 4.79 Å². The lowest BCUT2D eigenvalue weighted by Gasteiger charge is -2.17. The molecule has 2 atom stereocenters. The molecule has 88 valence electrons. The van der Waals surface area contributed by atoms with Gasteiger partial charge in [0, 0.05) is 21.8 Å². The maximum absolute atomic E-state index is 11.3. The van der Waals surface area contributed by atoms with Crippen molar-refractivity contribution in [1.29, 1.82) is 0 Å². The highest BCUT2D eigenvalue weighted by Crippen LogP contribution is 2.26. The summed E-state index contributed by atoms with van der Waals surface area (Å²) in [6.45, 7) is 3.83. The Labute approximate surface area is 107 Å². The number of aromatic nitrogens is 1. The summed E-state index contributed by atoms with van der Waals surface area (Å²) < 4.78 is 0.942. The molecule has 0 spiro atoms. The van der Waals surface area contributed by atoms with Crippen LogP contribution in [0.1, 0.15) is 13.8 Å². The van der Waals surface area contributed by atoms with E-state index in [4.69, 9.17) is 5.84 Å². The summed E-state index contributed by atoms with van der Waals surface area (Å²) >= 11 is 4.88. The van der Waals surface area contributed by atoms with E-state index in [9.17, 15) is 4.79 Å². The van der Waals surface area contributed by atoms with E-state index in [2.05, 4.69) is 26.3 Å². The quantitative estimate of drug-likeness (QED) is 0.386. The van der Waals surface area contributed by atoms with Crippen LogP contribution in [0.3, 0.4) is 0 Å². The van der Waals surface area contributed by atoms with Crippen molar-refractivity contribution in [3.8, 4) is 0 Å². The Bertz CT molecular complexity index is 358. The van der Waals surface area contributed by atoms with E-state index in [1.165, 1.54) is 0 Å². The van der Waals surface area contributed by atoms with Gasteiger partial charge in [0.2, 0.25) is 5.91 Å². The molecular formula is C10H14BrN3OS. The van der Waals surface area contributed by atoms with Crippen molar-refractivity contribution in [2.45, 2.75) is 24.1 Å². The van der Waals surface area contributed by atoms with Crippen molar-refractivity contribution in [2.24, 2.45) is 11.8 Å². The molecule has 16 heavy (non-hydrogen) atoms. The molecule has 0 aliphatic heterocycles. The zero-order chi connectivity index (χ0) is 12.1. The lowest BCUT2D eigenvalue weighted by atomic mass is 10.1. The number of carbonyl (C=O) groups is 1. The van der Waals surface area contributed by atoms with Crippen molar-refractivity contribution in [1.82, 2.24) is 10.4 Å². The monoisotopic (exact) mass is 303 g/mol. The average molecular weight is 304 g/mol. The number of amides is 1. The summed E-state index contributed by atoms with van der Waals surface area (Å²) in [5.74, 6) is 4.79. The van der Waals surface area contributed by atoms with Gasteiger partial charge in [-0.15, -0.1) is 11.8 Å². The van der Waals surface area contributed by atoms with Crippen LogP contribution in [0.25, 0.3) is 0 Å². The van der Waals surface area contributed by atoms with Crippen LogP contribution in [-0.2, 0) is 4.79 Å². The first-order valence-corrected chi connectivity index (χ1v) is 6.50. The minimum absolute atomic E-state index is 0.122. The number of pyridine rings is 1. The van der Waals surface area contributed by atoms with Crippen LogP contribution in [0, 0.1) is 5.92 Å². The maximum Gasteiger partial charge on any atom is 0.237 e. The van der Waals surface area contributed by atoms with Crippen LogP contribution in [0.15, 0.2) is 27.8 Å². The second kappa shape index (κ2) is 6.22. The zero-order valence-corrected chi connectivity index (χ0v) is 11.5. The fraction of sp³-hybridized carbons (Fsp3) is 0.400. The molecule has 0 saturated heterocycles. The Kier molecular flexibility index (Phi) is 5.24. The fourth-order valence-corrected chi connectivity index (χ4v) is 2.27. The minimum Gasteiger partial charge on any atom is -0.294 e. The lowest BCUT2D eigenvalue weighted by Crippen LogP contribution is -2.38. The Morgan fingerprint density at radius 2 is 2.25 bits per heavy atom. The molecule has 0 radical (unpaired) electrons. The third-order valence-corrected chi connectivity index (χ3v) is 4.00. The normalized spacial score (nSPS) is 14.2. The third-order valence-electron chi connectivity index (χ3n) is 2.27. The number of nitrogens with one attached hydrogen (secondary N) is 1. The number of carbonyl (C=O) groups excluding carboxylic acids is 1. The SMILES string of the molecule is CC(Sc1ccc(Br)cn1)C(C)C(=O)NN. The van der Waals surface area contributed by atoms with Crippen LogP contribution in [0.2, 0.25) is 0 Å². The predicted octanol–water partition coefficient (Wildman–Crippen LogP) is 1.95. The molecule has 0 aliphatic carbocycles. The van der Waals surface area contributed by atoms with Crippen LogP contribution in [-0.4, -0.2) is 16.1 Å². The third kappa shape index (κ3) is 3.77. The summed E-state index contributed by atoms with van der Waals surface area (Å²) in [4.78, 5) is 15.6. The molecule has 1 heterocycles. The molecule has 6 heteroatoms. The Morgan fingerprint density at radius 1 is 1.56 bits per heavy atom. The van der Waals surface area contributed by atoms with Crippen LogP contribution in [0.4, 0.5) is 0 Å². The Balaban J connectivity index is 2.60. The molecule has 0 bridgehead atoms. The number of rotatable bonds is 4. The van der Waals surface area contributed by atoms with Crippen LogP contribution >= 0.6 is 27.7 Å². The van der Waals surface area contributed by atoms with Gasteiger partial charge in [-0.3, -0.25) is 10.2 Å². The van der Waals surface area contributed by atoms with Gasteiger partial charge in [-0.2, -0.15) is 0 Å². The second-order valence-electron chi connectivity index (χ2n) is 3.43. The number of nitrogens with two attached hydrogens (primary N) is 1. The summed E-state index contributed by atoms with van der Waals surface area (Å²) in [6.07, 6.45) is 1.74. The summed E-state index contributed by atoms with van der Waals surface area (Å²) in [5, 5.41) is 1.02. The Hall–Kier alpha value is -0.590. The number of nitrogens with zero attached hydrogens (tertiary/aromatic N) is 1. The summed E-state index contributed by atoms with van der Waals surface area (Å²) in [6, 6.07) is 3.84. The van der Waals surface area contributed by atoms with Gasteiger partial charge >= 0.3 is 0 Å². The standard InChI is InChI=1S/C10H14BrN3OS/c1-6(10(15)14-12)7(2)16-9-4-3-8(11)5-13-9/h3-7H,12H2,1-2H3,(H,14,15). The maximum atomic E-state index is 11.3. The van der Waals surface area contributed by atoms with E-state index in [0.717, 1.165) is 9.50 Å². The zero-order valence-electron chi connectivity index (χ0n) is 9.11. The van der Waals surface area contributed by atoms with E-state index >= 15 is 0 Å². The van der Waals surface area contributed by atoms with Gasteiger partial charge in [0.25, 0.3) is 0 Å². The van der Waals surface area contributed by atoms with Crippen molar-refractivity contribution >= 4 is 33.6 Å². The minimum atomic E-state index is -0.155. The molecule has 0 saturated carbocycles. The van der Waals surface area contributed by atoms with Crippen molar-refractivity contribution in [2.75, 3.05) is 0 Å². The number of thioether (sulfide) groups is 1. The smallest absolute Gasteiger partial charge is 0.237 e. The first-order valence-electron chi connectivity index (χ1n) is 4.83. The van der Waals surface area contributed by atoms with E-state index in [0.29, 0.717) is 0 Å². The largest absolute Gasteiger partial charge is 0.294 e. The van der Waals surface area contributed by atoms with E-state index in [1.54, 1.807) is 18.0 Å². The van der Waals surface area contributed by atoms with Gasteiger partial charge < -0.3 is 0 Å². The second-order valence-corrected chi connectivity index (χ2v) is 5.75. The Morgan fingerprint density at radius 3 is 2.75 bits per heavy atom. The molecule has 1 rings (SSSR count). The highest BCUT2D eigenvalue weighted by molar-refractivity contribution is 9.10. The molecule has 1 aromatic rings. The topological polar surface area (TPSA) is 68.0 Å². The number of hydrogen-bond donors (Lipinski definition) is 2. The first kappa shape index (κ1) is 13.5. The lowest BCUT2D eigenvalue weighted by molar-refractivity contribution is -0.124. The average Bonchev–Trinajstić information content (AvgIpc) is 2.30. The fourth-order valence-electron chi connectivity index (χ4n) is 1.07. The van der Waals surface area contributed by atoms with Gasteiger partial charge in [0.15, 0.2) is 0 Å². The van der Waals surface area contributed by atoms with Gasteiger partial charge in [0.1, 0.15) is 0 Å². The number of halogens is 1. The van der Waals surface area contributed by atoms with E-state index in [-0.39, 0.29) is 17.1 Å². The summed E-state index contributed by atoms with van der Waals surface area (Å²) in [5.41, 5.74) is 2.16. The molecule has 3 N–H and O–H groups in total. The predicted molar refractivity (Wildman–Crippen MR) is 68.8 cm³/mol. The molecule has 2 unspecified atom stereocenters. The van der Waals surface area contributed by atoms with E-state index in [1.807, 2.05) is 26.0 Å². The number of hydrazine groups is 1. The molecular weight excluding hydrogens is 290 g/mol. The highest BCUT2D eigenvalue weighted by Gasteiger charge is 2.20. The van der Waals surface area contributed by atoms with Crippen molar-refractivity contribution in [3.05, 3.63) is 22.8 Å². The van der Waals surface area contributed by atoms with Gasteiger partial charge in [-0.05, 0) is 28.1 Å². The molecule has 0 aliphatic rings. The van der Waals surface area contributed by atoms with E-state index < -0.39 is 0 Å². The van der Waals surface area contributed by atoms with Crippen LogP contribution < -0.4 is 11.3 Å². The van der Waals surface area contributed by atoms with Crippen LogP contribution in [0.5, 0.6) is 0 Å². The van der Waals surface area contributed by atoms with Gasteiger partial charge in [-0.25, -0.2) is 10.8 Å². The van der Waals surface area contributed by atoms with Gasteiger partial charge in [-0.1, -0.05) is 13.8 Å². The molecule has 1 amide bonds. The van der Waals surface area contributed by atoms with Gasteiger partial charge in [0.05, 0.1) is 5.03 Å². The molecule has 1 aromatic heterocycles. The highest BCUT2D eigenvalue weighted by atomic mass is 79.9.